The van der Waals surface area contributed by atoms with Gasteiger partial charge in [-0.1, -0.05) is 12.1 Å². The number of hydrogen-bond donors (Lipinski definition) is 2. The van der Waals surface area contributed by atoms with Crippen LogP contribution in [-0.2, 0) is 16.1 Å². The maximum absolute atomic E-state index is 12.4. The van der Waals surface area contributed by atoms with Gasteiger partial charge in [-0.15, -0.1) is 0 Å². The van der Waals surface area contributed by atoms with Crippen molar-refractivity contribution in [2.24, 2.45) is 0 Å². The van der Waals surface area contributed by atoms with E-state index in [9.17, 15) is 14.4 Å². The average molecular weight is 394 g/mol. The van der Waals surface area contributed by atoms with Gasteiger partial charge in [0.2, 0.25) is 0 Å². The summed E-state index contributed by atoms with van der Waals surface area (Å²) in [5.74, 6) is -1.14. The Hall–Kier alpha value is -4.01. The Morgan fingerprint density at radius 1 is 1.07 bits per heavy atom. The maximum Gasteiger partial charge on any atom is 0.359 e. The van der Waals surface area contributed by atoms with E-state index < -0.39 is 18.5 Å². The van der Waals surface area contributed by atoms with Gasteiger partial charge in [-0.05, 0) is 31.2 Å². The minimum absolute atomic E-state index is 0.00102. The van der Waals surface area contributed by atoms with E-state index in [0.717, 1.165) is 0 Å². The summed E-state index contributed by atoms with van der Waals surface area (Å²) < 4.78 is 10.1. The van der Waals surface area contributed by atoms with Gasteiger partial charge in [0.05, 0.1) is 35.9 Å². The predicted molar refractivity (Wildman–Crippen MR) is 102 cm³/mol. The van der Waals surface area contributed by atoms with Crippen molar-refractivity contribution in [1.29, 1.82) is 0 Å². The van der Waals surface area contributed by atoms with E-state index in [-0.39, 0.29) is 23.7 Å². The minimum Gasteiger partial charge on any atom is -0.467 e. The van der Waals surface area contributed by atoms with E-state index in [1.165, 1.54) is 18.7 Å². The van der Waals surface area contributed by atoms with Gasteiger partial charge in [0.15, 0.2) is 12.3 Å². The molecule has 0 aliphatic rings. The van der Waals surface area contributed by atoms with E-state index in [4.69, 9.17) is 9.15 Å². The highest BCUT2D eigenvalue weighted by molar-refractivity contribution is 6.04. The van der Waals surface area contributed by atoms with Crippen LogP contribution in [0.2, 0.25) is 0 Å². The zero-order valence-corrected chi connectivity index (χ0v) is 15.5. The molecule has 2 aromatic heterocycles. The Balaban J connectivity index is 1.56. The summed E-state index contributed by atoms with van der Waals surface area (Å²) in [5.41, 5.74) is 1.21. The zero-order chi connectivity index (χ0) is 20.6. The number of para-hydroxylation sites is 1. The first kappa shape index (κ1) is 19.7. The van der Waals surface area contributed by atoms with Gasteiger partial charge in [0, 0.05) is 6.20 Å². The van der Waals surface area contributed by atoms with Crippen LogP contribution in [0.1, 0.15) is 32.3 Å². The number of hydrogen-bond acceptors (Lipinski definition) is 7. The molecule has 0 fully saturated rings. The fraction of sp³-hybridized carbons (Fsp3) is 0.150. The fourth-order valence-corrected chi connectivity index (χ4v) is 2.36. The molecule has 3 aromatic rings. The molecule has 0 saturated heterocycles. The summed E-state index contributed by atoms with van der Waals surface area (Å²) >= 11 is 0. The van der Waals surface area contributed by atoms with Crippen LogP contribution in [0.5, 0.6) is 0 Å². The number of anilines is 1. The molecule has 148 valence electrons. The molecule has 0 aliphatic heterocycles. The third-order valence-corrected chi connectivity index (χ3v) is 3.77. The molecular formula is C20H18N4O5. The fourth-order valence-electron chi connectivity index (χ4n) is 2.36. The molecular weight excluding hydrogens is 376 g/mol. The van der Waals surface area contributed by atoms with Gasteiger partial charge in [-0.25, -0.2) is 9.78 Å². The number of ether oxygens (including phenoxy) is 1. The quantitative estimate of drug-likeness (QED) is 0.588. The molecule has 9 heteroatoms. The van der Waals surface area contributed by atoms with E-state index in [0.29, 0.717) is 17.1 Å². The molecule has 3 rings (SSSR count). The van der Waals surface area contributed by atoms with Crippen molar-refractivity contribution >= 4 is 23.5 Å². The average Bonchev–Trinajstić information content (AvgIpc) is 3.25. The molecule has 9 nitrogen and oxygen atoms in total. The highest BCUT2D eigenvalue weighted by Crippen LogP contribution is 2.15. The van der Waals surface area contributed by atoms with Gasteiger partial charge in [0.25, 0.3) is 11.8 Å². The number of esters is 1. The van der Waals surface area contributed by atoms with Crippen LogP contribution >= 0.6 is 0 Å². The lowest BCUT2D eigenvalue weighted by Gasteiger charge is -2.11. The van der Waals surface area contributed by atoms with Crippen molar-refractivity contribution in [1.82, 2.24) is 15.3 Å². The van der Waals surface area contributed by atoms with Crippen molar-refractivity contribution in [3.63, 3.8) is 0 Å². The van der Waals surface area contributed by atoms with Crippen molar-refractivity contribution < 1.29 is 23.5 Å². The number of nitrogens with one attached hydrogen (secondary N) is 2. The predicted octanol–water partition coefficient (Wildman–Crippen LogP) is 2.10. The lowest BCUT2D eigenvalue weighted by Crippen LogP contribution is -2.26. The van der Waals surface area contributed by atoms with Gasteiger partial charge < -0.3 is 19.8 Å². The van der Waals surface area contributed by atoms with Gasteiger partial charge in [0.1, 0.15) is 5.76 Å². The molecule has 0 spiro atoms. The molecule has 0 aliphatic carbocycles. The van der Waals surface area contributed by atoms with Crippen LogP contribution in [0.4, 0.5) is 5.69 Å². The van der Waals surface area contributed by atoms with E-state index in [1.54, 1.807) is 43.3 Å². The molecule has 0 radical (unpaired) electrons. The Kier molecular flexibility index (Phi) is 6.31. The molecule has 0 atom stereocenters. The normalized spacial score (nSPS) is 10.2. The van der Waals surface area contributed by atoms with E-state index in [1.807, 2.05) is 0 Å². The van der Waals surface area contributed by atoms with Gasteiger partial charge in [-0.3, -0.25) is 14.6 Å². The molecule has 1 aromatic carbocycles. The summed E-state index contributed by atoms with van der Waals surface area (Å²) in [4.78, 5) is 44.3. The highest BCUT2D eigenvalue weighted by Gasteiger charge is 2.15. The zero-order valence-electron chi connectivity index (χ0n) is 15.5. The van der Waals surface area contributed by atoms with Crippen LogP contribution in [-0.4, -0.2) is 34.4 Å². The van der Waals surface area contributed by atoms with Crippen molar-refractivity contribution in [3.05, 3.63) is 77.8 Å². The Morgan fingerprint density at radius 2 is 1.90 bits per heavy atom. The number of benzene rings is 1. The summed E-state index contributed by atoms with van der Waals surface area (Å²) in [6.07, 6.45) is 4.21. The Bertz CT molecular complexity index is 1000. The molecule has 0 unspecified atom stereocenters. The lowest BCUT2D eigenvalue weighted by molar-refractivity contribution is -0.119. The highest BCUT2D eigenvalue weighted by atomic mass is 16.5. The molecule has 2 heterocycles. The monoisotopic (exact) mass is 394 g/mol. The molecule has 0 saturated carbocycles. The number of rotatable bonds is 7. The second-order valence-corrected chi connectivity index (χ2v) is 5.97. The van der Waals surface area contributed by atoms with Crippen LogP contribution < -0.4 is 10.6 Å². The van der Waals surface area contributed by atoms with Gasteiger partial charge >= 0.3 is 5.97 Å². The van der Waals surface area contributed by atoms with Crippen LogP contribution in [0.25, 0.3) is 0 Å². The van der Waals surface area contributed by atoms with E-state index in [2.05, 4.69) is 20.6 Å². The maximum atomic E-state index is 12.4. The van der Waals surface area contributed by atoms with Crippen LogP contribution in [0, 0.1) is 6.92 Å². The lowest BCUT2D eigenvalue weighted by atomic mass is 10.1. The second kappa shape index (κ2) is 9.27. The van der Waals surface area contributed by atoms with E-state index >= 15 is 0 Å². The largest absolute Gasteiger partial charge is 0.467 e. The standard InChI is InChI=1S/C20H18N4O5/c1-13-9-22-17(11-21-13)20(27)29-12-18(25)24-16-7-3-2-6-15(16)19(26)23-10-14-5-4-8-28-14/h2-9,11H,10,12H2,1H3,(H,23,26)(H,24,25). The van der Waals surface area contributed by atoms with Gasteiger partial charge in [-0.2, -0.15) is 0 Å². The Morgan fingerprint density at radius 3 is 2.62 bits per heavy atom. The molecule has 2 amide bonds. The Labute approximate surface area is 166 Å². The molecule has 2 N–H and O–H groups in total. The SMILES string of the molecule is Cc1cnc(C(=O)OCC(=O)Nc2ccccc2C(=O)NCc2ccco2)cn1. The van der Waals surface area contributed by atoms with Crippen molar-refractivity contribution in [2.75, 3.05) is 11.9 Å². The molecule has 0 bridgehead atoms. The number of carbonyl (C=O) groups excluding carboxylic acids is 3. The number of aromatic nitrogens is 2. The van der Waals surface area contributed by atoms with Crippen LogP contribution in [0.15, 0.2) is 59.5 Å². The molecule has 29 heavy (non-hydrogen) atoms. The summed E-state index contributed by atoms with van der Waals surface area (Å²) in [5, 5.41) is 5.27. The number of nitrogens with zero attached hydrogens (tertiary/aromatic N) is 2. The minimum atomic E-state index is -0.767. The first-order valence-corrected chi connectivity index (χ1v) is 8.68. The topological polar surface area (TPSA) is 123 Å². The number of carbonyl (C=O) groups is 3. The smallest absolute Gasteiger partial charge is 0.359 e. The summed E-state index contributed by atoms with van der Waals surface area (Å²) in [7, 11) is 0. The van der Waals surface area contributed by atoms with Crippen molar-refractivity contribution in [3.8, 4) is 0 Å². The number of amides is 2. The van der Waals surface area contributed by atoms with Crippen molar-refractivity contribution in [2.45, 2.75) is 13.5 Å². The first-order valence-electron chi connectivity index (χ1n) is 8.68. The third-order valence-electron chi connectivity index (χ3n) is 3.77. The second-order valence-electron chi connectivity index (χ2n) is 5.97. The summed E-state index contributed by atoms with van der Waals surface area (Å²) in [6.45, 7) is 1.41. The number of furan rings is 1. The number of aryl methyl sites for hydroxylation is 1. The third kappa shape index (κ3) is 5.48. The van der Waals surface area contributed by atoms with Crippen LogP contribution in [0.3, 0.4) is 0 Å². The summed E-state index contributed by atoms with van der Waals surface area (Å²) in [6, 6.07) is 9.95. The first-order chi connectivity index (χ1) is 14.0.